The number of hydrogen-bond donors (Lipinski definition) is 2. The van der Waals surface area contributed by atoms with E-state index in [9.17, 15) is 18.4 Å². The number of aryl methyl sites for hydroxylation is 1. The lowest BCUT2D eigenvalue weighted by Gasteiger charge is -2.30. The molecule has 0 bridgehead atoms. The molecule has 30 heavy (non-hydrogen) atoms. The van der Waals surface area contributed by atoms with Gasteiger partial charge in [0.2, 0.25) is 0 Å². The second-order valence-electron chi connectivity index (χ2n) is 7.01. The van der Waals surface area contributed by atoms with Gasteiger partial charge in [0, 0.05) is 25.2 Å². The standard InChI is InChI=1S/C22H22F2N2O4/c1-13-9-18(24)20(30-8-7-27)11-15(13)10-19(28)17-12-26(2)22(29)25-21(17)14-3-5-16(23)6-4-14/h3-6,9,11-12,21,27H,7-8,10H2,1-2H3,(H,25,29)/t21-/m0/s1. The van der Waals surface area contributed by atoms with E-state index >= 15 is 0 Å². The number of urea groups is 1. The van der Waals surface area contributed by atoms with Crippen LogP contribution in [-0.4, -0.2) is 42.1 Å². The molecule has 0 saturated carbocycles. The molecule has 1 aliphatic rings. The van der Waals surface area contributed by atoms with Crippen molar-refractivity contribution in [3.8, 4) is 5.75 Å². The number of carbonyl (C=O) groups excluding carboxylic acids is 2. The summed E-state index contributed by atoms with van der Waals surface area (Å²) >= 11 is 0. The van der Waals surface area contributed by atoms with Crippen molar-refractivity contribution in [1.29, 1.82) is 0 Å². The number of ether oxygens (including phenoxy) is 1. The molecular weight excluding hydrogens is 394 g/mol. The Morgan fingerprint density at radius 3 is 2.60 bits per heavy atom. The van der Waals surface area contributed by atoms with Gasteiger partial charge in [0.25, 0.3) is 0 Å². The molecule has 2 amide bonds. The van der Waals surface area contributed by atoms with Crippen LogP contribution in [0, 0.1) is 18.6 Å². The van der Waals surface area contributed by atoms with Crippen molar-refractivity contribution in [2.24, 2.45) is 0 Å². The van der Waals surface area contributed by atoms with Gasteiger partial charge in [0.05, 0.1) is 12.6 Å². The van der Waals surface area contributed by atoms with Gasteiger partial charge in [-0.1, -0.05) is 12.1 Å². The zero-order valence-corrected chi connectivity index (χ0v) is 16.6. The van der Waals surface area contributed by atoms with Crippen LogP contribution in [0.2, 0.25) is 0 Å². The maximum absolute atomic E-state index is 14.1. The van der Waals surface area contributed by atoms with Crippen LogP contribution in [0.4, 0.5) is 13.6 Å². The Bertz CT molecular complexity index is 989. The Labute approximate surface area is 172 Å². The first kappa shape index (κ1) is 21.4. The number of nitrogens with zero attached hydrogens (tertiary/aromatic N) is 1. The maximum atomic E-state index is 14.1. The van der Waals surface area contributed by atoms with Crippen molar-refractivity contribution in [3.05, 3.63) is 76.5 Å². The number of aliphatic hydroxyl groups excluding tert-OH is 1. The molecule has 2 N–H and O–H groups in total. The quantitative estimate of drug-likeness (QED) is 0.727. The SMILES string of the molecule is Cc1cc(F)c(OCCO)cc1CC(=O)C1=CN(C)C(=O)N[C@H]1c1ccc(F)cc1. The number of amides is 2. The minimum absolute atomic E-state index is 0.0458. The van der Waals surface area contributed by atoms with Crippen molar-refractivity contribution in [3.63, 3.8) is 0 Å². The minimum Gasteiger partial charge on any atom is -0.488 e. The van der Waals surface area contributed by atoms with E-state index in [2.05, 4.69) is 5.32 Å². The zero-order valence-electron chi connectivity index (χ0n) is 16.6. The summed E-state index contributed by atoms with van der Waals surface area (Å²) in [6.07, 6.45) is 1.41. The highest BCUT2D eigenvalue weighted by Crippen LogP contribution is 2.29. The average molecular weight is 416 g/mol. The molecule has 0 radical (unpaired) electrons. The largest absolute Gasteiger partial charge is 0.488 e. The van der Waals surface area contributed by atoms with E-state index in [1.165, 1.54) is 54.5 Å². The van der Waals surface area contributed by atoms with Gasteiger partial charge in [0.1, 0.15) is 12.4 Å². The zero-order chi connectivity index (χ0) is 21.8. The molecule has 6 nitrogen and oxygen atoms in total. The van der Waals surface area contributed by atoms with Gasteiger partial charge >= 0.3 is 6.03 Å². The summed E-state index contributed by atoms with van der Waals surface area (Å²) in [5.74, 6) is -1.33. The molecule has 3 rings (SSSR count). The van der Waals surface area contributed by atoms with E-state index in [0.29, 0.717) is 22.3 Å². The molecule has 0 fully saturated rings. The van der Waals surface area contributed by atoms with Gasteiger partial charge in [-0.05, 0) is 47.9 Å². The summed E-state index contributed by atoms with van der Waals surface area (Å²) in [5, 5.41) is 11.6. The molecule has 0 unspecified atom stereocenters. The smallest absolute Gasteiger partial charge is 0.321 e. The van der Waals surface area contributed by atoms with Crippen molar-refractivity contribution >= 4 is 11.8 Å². The van der Waals surface area contributed by atoms with E-state index < -0.39 is 23.7 Å². The Morgan fingerprint density at radius 1 is 1.23 bits per heavy atom. The fraction of sp³-hybridized carbons (Fsp3) is 0.273. The van der Waals surface area contributed by atoms with Crippen LogP contribution in [-0.2, 0) is 11.2 Å². The number of benzene rings is 2. The summed E-state index contributed by atoms with van der Waals surface area (Å²) in [4.78, 5) is 26.5. The molecule has 8 heteroatoms. The number of rotatable bonds is 7. The van der Waals surface area contributed by atoms with E-state index in [1.54, 1.807) is 6.92 Å². The van der Waals surface area contributed by atoms with Gasteiger partial charge in [-0.2, -0.15) is 0 Å². The highest BCUT2D eigenvalue weighted by atomic mass is 19.1. The molecule has 0 aliphatic carbocycles. The van der Waals surface area contributed by atoms with E-state index in [1.807, 2.05) is 0 Å². The monoisotopic (exact) mass is 416 g/mol. The van der Waals surface area contributed by atoms with Crippen LogP contribution < -0.4 is 10.1 Å². The number of Topliss-reactive ketones (excluding diaryl/α,β-unsaturated/α-hetero) is 1. The van der Waals surface area contributed by atoms with Crippen LogP contribution in [0.3, 0.4) is 0 Å². The Kier molecular flexibility index (Phi) is 6.47. The molecule has 0 saturated heterocycles. The van der Waals surface area contributed by atoms with Gasteiger partial charge in [0.15, 0.2) is 17.3 Å². The van der Waals surface area contributed by atoms with Crippen LogP contribution >= 0.6 is 0 Å². The fourth-order valence-corrected chi connectivity index (χ4v) is 3.22. The lowest BCUT2D eigenvalue weighted by atomic mass is 9.91. The van der Waals surface area contributed by atoms with Crippen LogP contribution in [0.25, 0.3) is 0 Å². The molecule has 1 aliphatic heterocycles. The number of carbonyl (C=O) groups is 2. The Morgan fingerprint density at radius 2 is 1.93 bits per heavy atom. The Balaban J connectivity index is 1.91. The predicted molar refractivity (Wildman–Crippen MR) is 106 cm³/mol. The van der Waals surface area contributed by atoms with Crippen LogP contribution in [0.15, 0.2) is 48.2 Å². The molecule has 2 aromatic carbocycles. The molecular formula is C22H22F2N2O4. The third-order valence-electron chi connectivity index (χ3n) is 4.85. The van der Waals surface area contributed by atoms with Crippen LogP contribution in [0.1, 0.15) is 22.7 Å². The molecule has 1 atom stereocenters. The van der Waals surface area contributed by atoms with Gasteiger partial charge in [-0.15, -0.1) is 0 Å². The van der Waals surface area contributed by atoms with Crippen LogP contribution in [0.5, 0.6) is 5.75 Å². The Hall–Kier alpha value is -3.26. The van der Waals surface area contributed by atoms with Crippen molar-refractivity contribution in [1.82, 2.24) is 10.2 Å². The second-order valence-corrected chi connectivity index (χ2v) is 7.01. The summed E-state index contributed by atoms with van der Waals surface area (Å²) in [6.45, 7) is 1.35. The first-order valence-electron chi connectivity index (χ1n) is 9.36. The topological polar surface area (TPSA) is 78.9 Å². The first-order chi connectivity index (χ1) is 14.3. The lowest BCUT2D eigenvalue weighted by Crippen LogP contribution is -2.43. The van der Waals surface area contributed by atoms with Crippen molar-refractivity contribution < 1.29 is 28.2 Å². The first-order valence-corrected chi connectivity index (χ1v) is 9.36. The molecule has 0 aromatic heterocycles. The second kappa shape index (κ2) is 9.04. The highest BCUT2D eigenvalue weighted by Gasteiger charge is 2.30. The number of nitrogens with one attached hydrogen (secondary N) is 1. The third-order valence-corrected chi connectivity index (χ3v) is 4.85. The predicted octanol–water partition coefficient (Wildman–Crippen LogP) is 3.04. The van der Waals surface area contributed by atoms with Gasteiger partial charge in [-0.3, -0.25) is 4.79 Å². The molecule has 158 valence electrons. The summed E-state index contributed by atoms with van der Waals surface area (Å²) in [6, 6.07) is 7.14. The minimum atomic E-state index is -0.729. The number of ketones is 1. The van der Waals surface area contributed by atoms with Gasteiger partial charge in [-0.25, -0.2) is 13.6 Å². The summed E-state index contributed by atoms with van der Waals surface area (Å²) in [7, 11) is 1.52. The molecule has 2 aromatic rings. The van der Waals surface area contributed by atoms with Gasteiger partial charge < -0.3 is 20.1 Å². The molecule has 0 spiro atoms. The lowest BCUT2D eigenvalue weighted by molar-refractivity contribution is -0.115. The normalized spacial score (nSPS) is 16.2. The molecule has 1 heterocycles. The fourth-order valence-electron chi connectivity index (χ4n) is 3.22. The average Bonchev–Trinajstić information content (AvgIpc) is 2.71. The number of hydrogen-bond acceptors (Lipinski definition) is 4. The summed E-state index contributed by atoms with van der Waals surface area (Å²) in [5.41, 5.74) is 2.03. The van der Waals surface area contributed by atoms with E-state index in [-0.39, 0.29) is 31.2 Å². The van der Waals surface area contributed by atoms with Crippen molar-refractivity contribution in [2.75, 3.05) is 20.3 Å². The maximum Gasteiger partial charge on any atom is 0.321 e. The third kappa shape index (κ3) is 4.65. The highest BCUT2D eigenvalue weighted by molar-refractivity contribution is 6.00. The van der Waals surface area contributed by atoms with E-state index in [4.69, 9.17) is 9.84 Å². The van der Waals surface area contributed by atoms with E-state index in [0.717, 1.165) is 0 Å². The number of aliphatic hydroxyl groups is 1. The van der Waals surface area contributed by atoms with Crippen molar-refractivity contribution in [2.45, 2.75) is 19.4 Å². The number of halogens is 2. The summed E-state index contributed by atoms with van der Waals surface area (Å²) < 4.78 is 32.6.